The Morgan fingerprint density at radius 2 is 2.00 bits per heavy atom. The minimum Gasteiger partial charge on any atom is -0.272 e. The Hall–Kier alpha value is -1.57. The highest BCUT2D eigenvalue weighted by molar-refractivity contribution is 5.65. The number of benzene rings is 1. The highest BCUT2D eigenvalue weighted by Gasteiger charge is 2.04. The maximum absolute atomic E-state index is 4.39. The van der Waals surface area contributed by atoms with E-state index in [-0.39, 0.29) is 0 Å². The van der Waals surface area contributed by atoms with Crippen LogP contribution >= 0.6 is 0 Å². The Labute approximate surface area is 96.9 Å². The van der Waals surface area contributed by atoms with Crippen molar-refractivity contribution in [2.45, 2.75) is 27.3 Å². The number of aromatic nitrogens is 2. The Kier molecular flexibility index (Phi) is 3.09. The van der Waals surface area contributed by atoms with Crippen molar-refractivity contribution in [2.75, 3.05) is 0 Å². The second kappa shape index (κ2) is 4.52. The van der Waals surface area contributed by atoms with Gasteiger partial charge in [0.25, 0.3) is 0 Å². The van der Waals surface area contributed by atoms with Crippen molar-refractivity contribution >= 4 is 0 Å². The van der Waals surface area contributed by atoms with Gasteiger partial charge in [0, 0.05) is 18.3 Å². The molecule has 2 nitrogen and oxygen atoms in total. The fourth-order valence-electron chi connectivity index (χ4n) is 1.87. The maximum atomic E-state index is 4.39. The lowest BCUT2D eigenvalue weighted by molar-refractivity contribution is 0.483. The average Bonchev–Trinajstić information content (AvgIpc) is 2.66. The summed E-state index contributed by atoms with van der Waals surface area (Å²) in [6, 6.07) is 8.42. The van der Waals surface area contributed by atoms with Crippen molar-refractivity contribution in [3.63, 3.8) is 0 Å². The van der Waals surface area contributed by atoms with Crippen LogP contribution in [0.25, 0.3) is 11.1 Å². The summed E-state index contributed by atoms with van der Waals surface area (Å²) >= 11 is 0. The predicted molar refractivity (Wildman–Crippen MR) is 67.2 cm³/mol. The van der Waals surface area contributed by atoms with Gasteiger partial charge in [0.05, 0.1) is 6.20 Å². The molecule has 2 heteroatoms. The SMILES string of the molecule is Cc1ccccc1-c1cnn(CC(C)C)c1. The van der Waals surface area contributed by atoms with Crippen LogP contribution in [0.1, 0.15) is 19.4 Å². The Morgan fingerprint density at radius 1 is 1.25 bits per heavy atom. The standard InChI is InChI=1S/C14H18N2/c1-11(2)9-16-10-13(8-15-16)14-7-5-4-6-12(14)3/h4-8,10-11H,9H2,1-3H3. The highest BCUT2D eigenvalue weighted by atomic mass is 15.3. The molecular weight excluding hydrogens is 196 g/mol. The number of hydrogen-bond acceptors (Lipinski definition) is 1. The molecule has 0 radical (unpaired) electrons. The normalized spacial score (nSPS) is 11.0. The predicted octanol–water partition coefficient (Wildman–Crippen LogP) is 3.51. The van der Waals surface area contributed by atoms with Gasteiger partial charge in [0.1, 0.15) is 0 Å². The van der Waals surface area contributed by atoms with Gasteiger partial charge in [-0.1, -0.05) is 38.1 Å². The van der Waals surface area contributed by atoms with Crippen LogP contribution in [0, 0.1) is 12.8 Å². The van der Waals surface area contributed by atoms with Gasteiger partial charge in [-0.15, -0.1) is 0 Å². The molecule has 2 aromatic rings. The minimum atomic E-state index is 0.629. The molecule has 0 unspecified atom stereocenters. The maximum Gasteiger partial charge on any atom is 0.0568 e. The van der Waals surface area contributed by atoms with Gasteiger partial charge in [-0.2, -0.15) is 5.10 Å². The smallest absolute Gasteiger partial charge is 0.0568 e. The molecule has 0 spiro atoms. The number of rotatable bonds is 3. The van der Waals surface area contributed by atoms with E-state index in [9.17, 15) is 0 Å². The largest absolute Gasteiger partial charge is 0.272 e. The summed E-state index contributed by atoms with van der Waals surface area (Å²) in [5.41, 5.74) is 3.78. The first-order valence-electron chi connectivity index (χ1n) is 5.75. The molecule has 0 N–H and O–H groups in total. The third-order valence-corrected chi connectivity index (χ3v) is 2.64. The van der Waals surface area contributed by atoms with Crippen LogP contribution in [0.4, 0.5) is 0 Å². The van der Waals surface area contributed by atoms with Crippen molar-refractivity contribution in [1.29, 1.82) is 0 Å². The number of aryl methyl sites for hydroxylation is 1. The molecule has 1 aromatic carbocycles. The summed E-state index contributed by atoms with van der Waals surface area (Å²) in [4.78, 5) is 0. The molecule has 16 heavy (non-hydrogen) atoms. The molecule has 0 aliphatic rings. The molecule has 1 aromatic heterocycles. The summed E-state index contributed by atoms with van der Waals surface area (Å²) in [5, 5.41) is 4.39. The van der Waals surface area contributed by atoms with Crippen molar-refractivity contribution in [2.24, 2.45) is 5.92 Å². The third-order valence-electron chi connectivity index (χ3n) is 2.64. The van der Waals surface area contributed by atoms with Crippen molar-refractivity contribution in [3.05, 3.63) is 42.2 Å². The molecule has 2 rings (SSSR count). The zero-order chi connectivity index (χ0) is 11.5. The van der Waals surface area contributed by atoms with Gasteiger partial charge >= 0.3 is 0 Å². The zero-order valence-electron chi connectivity index (χ0n) is 10.1. The molecule has 0 saturated heterocycles. The van der Waals surface area contributed by atoms with Crippen LogP contribution in [0.3, 0.4) is 0 Å². The zero-order valence-corrected chi connectivity index (χ0v) is 10.1. The van der Waals surface area contributed by atoms with Crippen molar-refractivity contribution in [3.8, 4) is 11.1 Å². The Balaban J connectivity index is 2.28. The van der Waals surface area contributed by atoms with Crippen LogP contribution in [-0.4, -0.2) is 9.78 Å². The lowest BCUT2D eigenvalue weighted by Gasteiger charge is -2.04. The second-order valence-electron chi connectivity index (χ2n) is 4.66. The van der Waals surface area contributed by atoms with Gasteiger partial charge in [0.2, 0.25) is 0 Å². The topological polar surface area (TPSA) is 17.8 Å². The first kappa shape index (κ1) is 10.9. The fraction of sp³-hybridized carbons (Fsp3) is 0.357. The molecule has 1 heterocycles. The first-order chi connectivity index (χ1) is 7.66. The van der Waals surface area contributed by atoms with E-state index in [2.05, 4.69) is 56.3 Å². The highest BCUT2D eigenvalue weighted by Crippen LogP contribution is 2.22. The van der Waals surface area contributed by atoms with Crippen LogP contribution in [-0.2, 0) is 6.54 Å². The van der Waals surface area contributed by atoms with Gasteiger partial charge in [0.15, 0.2) is 0 Å². The van der Waals surface area contributed by atoms with Crippen molar-refractivity contribution < 1.29 is 0 Å². The van der Waals surface area contributed by atoms with Gasteiger partial charge in [-0.25, -0.2) is 0 Å². The van der Waals surface area contributed by atoms with Gasteiger partial charge < -0.3 is 0 Å². The number of nitrogens with zero attached hydrogens (tertiary/aromatic N) is 2. The van der Waals surface area contributed by atoms with E-state index in [4.69, 9.17) is 0 Å². The van der Waals surface area contributed by atoms with Crippen molar-refractivity contribution in [1.82, 2.24) is 9.78 Å². The quantitative estimate of drug-likeness (QED) is 0.764. The third kappa shape index (κ3) is 2.32. The lowest BCUT2D eigenvalue weighted by atomic mass is 10.0. The molecule has 0 saturated carbocycles. The van der Waals surface area contributed by atoms with E-state index in [1.165, 1.54) is 16.7 Å². The van der Waals surface area contributed by atoms with Crippen LogP contribution < -0.4 is 0 Å². The summed E-state index contributed by atoms with van der Waals surface area (Å²) in [7, 11) is 0. The molecule has 0 atom stereocenters. The van der Waals surface area contributed by atoms with E-state index in [0.29, 0.717) is 5.92 Å². The average molecular weight is 214 g/mol. The van der Waals surface area contributed by atoms with E-state index >= 15 is 0 Å². The van der Waals surface area contributed by atoms with E-state index in [1.807, 2.05) is 10.9 Å². The summed E-state index contributed by atoms with van der Waals surface area (Å²) in [6.07, 6.45) is 4.08. The second-order valence-corrected chi connectivity index (χ2v) is 4.66. The summed E-state index contributed by atoms with van der Waals surface area (Å²) < 4.78 is 2.02. The minimum absolute atomic E-state index is 0.629. The molecule has 0 aliphatic carbocycles. The summed E-state index contributed by atoms with van der Waals surface area (Å²) in [6.45, 7) is 7.52. The van der Waals surface area contributed by atoms with E-state index in [0.717, 1.165) is 6.54 Å². The van der Waals surface area contributed by atoms with Gasteiger partial charge in [-0.05, 0) is 24.0 Å². The van der Waals surface area contributed by atoms with Gasteiger partial charge in [-0.3, -0.25) is 4.68 Å². The van der Waals surface area contributed by atoms with E-state index < -0.39 is 0 Å². The summed E-state index contributed by atoms with van der Waals surface area (Å²) in [5.74, 6) is 0.629. The Bertz CT molecular complexity index is 469. The van der Waals surface area contributed by atoms with E-state index in [1.54, 1.807) is 0 Å². The molecular formula is C14H18N2. The fourth-order valence-corrected chi connectivity index (χ4v) is 1.87. The van der Waals surface area contributed by atoms with Crippen LogP contribution in [0.5, 0.6) is 0 Å². The monoisotopic (exact) mass is 214 g/mol. The molecule has 0 aliphatic heterocycles. The molecule has 0 amide bonds. The number of hydrogen-bond donors (Lipinski definition) is 0. The molecule has 0 fully saturated rings. The first-order valence-corrected chi connectivity index (χ1v) is 5.75. The van der Waals surface area contributed by atoms with Crippen LogP contribution in [0.2, 0.25) is 0 Å². The van der Waals surface area contributed by atoms with Crippen LogP contribution in [0.15, 0.2) is 36.7 Å². The molecule has 0 bridgehead atoms. The lowest BCUT2D eigenvalue weighted by Crippen LogP contribution is -2.03. The Morgan fingerprint density at radius 3 is 2.69 bits per heavy atom. The molecule has 84 valence electrons.